The molecular formula is C13H9N3O4S. The van der Waals surface area contributed by atoms with Crippen molar-refractivity contribution < 1.29 is 14.4 Å². The van der Waals surface area contributed by atoms with Crippen molar-refractivity contribution in [1.29, 1.82) is 5.26 Å². The average molecular weight is 303 g/mol. The van der Waals surface area contributed by atoms with Gasteiger partial charge in [-0.2, -0.15) is 5.26 Å². The molecule has 0 atom stereocenters. The molecule has 2 heterocycles. The number of nitrogens with zero attached hydrogens (tertiary/aromatic N) is 2. The van der Waals surface area contributed by atoms with Crippen molar-refractivity contribution in [2.24, 2.45) is 0 Å². The Morgan fingerprint density at radius 1 is 1.38 bits per heavy atom. The van der Waals surface area contributed by atoms with Crippen LogP contribution < -0.4 is 14.8 Å². The van der Waals surface area contributed by atoms with E-state index < -0.39 is 4.92 Å². The van der Waals surface area contributed by atoms with Crippen LogP contribution in [0.25, 0.3) is 0 Å². The zero-order valence-electron chi connectivity index (χ0n) is 10.7. The molecule has 1 N–H and O–H groups in total. The minimum absolute atomic E-state index is 0.0619. The van der Waals surface area contributed by atoms with Crippen molar-refractivity contribution in [3.05, 3.63) is 44.1 Å². The molecule has 3 rings (SSSR count). The number of hydrogen-bond acceptors (Lipinski definition) is 7. The summed E-state index contributed by atoms with van der Waals surface area (Å²) in [5, 5.41) is 22.9. The third-order valence-corrected chi connectivity index (χ3v) is 3.90. The Balaban J connectivity index is 1.84. The number of nitro groups is 1. The van der Waals surface area contributed by atoms with Crippen LogP contribution >= 0.6 is 11.3 Å². The first-order valence-electron chi connectivity index (χ1n) is 5.98. The molecule has 2 aromatic rings. The molecule has 8 heteroatoms. The van der Waals surface area contributed by atoms with Gasteiger partial charge >= 0.3 is 0 Å². The Bertz CT molecular complexity index is 750. The zero-order chi connectivity index (χ0) is 14.8. The van der Waals surface area contributed by atoms with Crippen LogP contribution in [0.4, 0.5) is 11.4 Å². The molecule has 0 radical (unpaired) electrons. The summed E-state index contributed by atoms with van der Waals surface area (Å²) in [6.45, 7) is 0.458. The van der Waals surface area contributed by atoms with Gasteiger partial charge in [-0.3, -0.25) is 10.1 Å². The SMILES string of the molecule is N#Cc1ccc(CNc2cc3c(cc2[N+](=O)[O-])OCO3)s1. The maximum atomic E-state index is 11.1. The number of hydrogen-bond donors (Lipinski definition) is 1. The molecule has 1 aromatic heterocycles. The van der Waals surface area contributed by atoms with Gasteiger partial charge in [-0.15, -0.1) is 11.3 Å². The van der Waals surface area contributed by atoms with E-state index in [4.69, 9.17) is 14.7 Å². The van der Waals surface area contributed by atoms with Gasteiger partial charge in [-0.05, 0) is 12.1 Å². The van der Waals surface area contributed by atoms with Crippen LogP contribution in [0.15, 0.2) is 24.3 Å². The number of nitrogens with one attached hydrogen (secondary N) is 1. The highest BCUT2D eigenvalue weighted by molar-refractivity contribution is 7.12. The second-order valence-electron chi connectivity index (χ2n) is 4.21. The normalized spacial score (nSPS) is 12.0. The molecule has 0 bridgehead atoms. The number of fused-ring (bicyclic) bond motifs is 1. The summed E-state index contributed by atoms with van der Waals surface area (Å²) in [5.74, 6) is 0.849. The summed E-state index contributed by atoms with van der Waals surface area (Å²) < 4.78 is 10.4. The number of anilines is 1. The number of benzene rings is 1. The van der Waals surface area contributed by atoms with Crippen LogP contribution in [0.3, 0.4) is 0 Å². The topological polar surface area (TPSA) is 97.4 Å². The maximum absolute atomic E-state index is 11.1. The molecular weight excluding hydrogens is 294 g/mol. The summed E-state index contributed by atoms with van der Waals surface area (Å²) >= 11 is 1.34. The number of ether oxygens (including phenoxy) is 2. The number of nitriles is 1. The first kappa shape index (κ1) is 13.2. The Morgan fingerprint density at radius 3 is 2.81 bits per heavy atom. The van der Waals surface area contributed by atoms with Crippen LogP contribution in [-0.4, -0.2) is 11.7 Å². The summed E-state index contributed by atoms with van der Waals surface area (Å²) in [7, 11) is 0. The fourth-order valence-corrected chi connectivity index (χ4v) is 2.68. The minimum Gasteiger partial charge on any atom is -0.454 e. The van der Waals surface area contributed by atoms with E-state index >= 15 is 0 Å². The maximum Gasteiger partial charge on any atom is 0.296 e. The smallest absolute Gasteiger partial charge is 0.296 e. The van der Waals surface area contributed by atoms with Crippen LogP contribution in [-0.2, 0) is 6.54 Å². The Labute approximate surface area is 123 Å². The predicted molar refractivity (Wildman–Crippen MR) is 75.6 cm³/mol. The first-order chi connectivity index (χ1) is 10.2. The van der Waals surface area contributed by atoms with Gasteiger partial charge < -0.3 is 14.8 Å². The lowest BCUT2D eigenvalue weighted by Gasteiger charge is -2.07. The van der Waals surface area contributed by atoms with Crippen molar-refractivity contribution in [1.82, 2.24) is 0 Å². The molecule has 21 heavy (non-hydrogen) atoms. The molecule has 7 nitrogen and oxygen atoms in total. The molecule has 106 valence electrons. The largest absolute Gasteiger partial charge is 0.454 e. The second-order valence-corrected chi connectivity index (χ2v) is 5.38. The highest BCUT2D eigenvalue weighted by Gasteiger charge is 2.23. The molecule has 0 saturated heterocycles. The first-order valence-corrected chi connectivity index (χ1v) is 6.80. The standard InChI is InChI=1S/C13H9N3O4S/c14-5-8-1-2-9(21-8)6-15-10-3-12-13(20-7-19-12)4-11(10)16(17)18/h1-4,15H,6-7H2. The van der Waals surface area contributed by atoms with Gasteiger partial charge in [-0.25, -0.2) is 0 Å². The zero-order valence-corrected chi connectivity index (χ0v) is 11.5. The highest BCUT2D eigenvalue weighted by atomic mass is 32.1. The van der Waals surface area contributed by atoms with Crippen LogP contribution in [0.1, 0.15) is 9.75 Å². The highest BCUT2D eigenvalue weighted by Crippen LogP contribution is 2.40. The van der Waals surface area contributed by atoms with Gasteiger partial charge in [0.1, 0.15) is 16.6 Å². The van der Waals surface area contributed by atoms with E-state index in [-0.39, 0.29) is 12.5 Å². The Morgan fingerprint density at radius 2 is 2.14 bits per heavy atom. The monoisotopic (exact) mass is 303 g/mol. The average Bonchev–Trinajstić information content (AvgIpc) is 3.12. The van der Waals surface area contributed by atoms with Crippen molar-refractivity contribution in [2.75, 3.05) is 12.1 Å². The van der Waals surface area contributed by atoms with Gasteiger partial charge in [0.2, 0.25) is 6.79 Å². The molecule has 1 aliphatic rings. The molecule has 1 aliphatic heterocycles. The molecule has 0 saturated carbocycles. The fourth-order valence-electron chi connectivity index (χ4n) is 1.94. The van der Waals surface area contributed by atoms with E-state index in [1.165, 1.54) is 17.4 Å². The summed E-state index contributed by atoms with van der Waals surface area (Å²) in [6, 6.07) is 8.49. The van der Waals surface area contributed by atoms with E-state index in [0.29, 0.717) is 28.6 Å². The van der Waals surface area contributed by atoms with Gasteiger partial charge in [0.25, 0.3) is 5.69 Å². The van der Waals surface area contributed by atoms with Crippen LogP contribution in [0.5, 0.6) is 11.5 Å². The van der Waals surface area contributed by atoms with E-state index in [1.807, 2.05) is 6.07 Å². The van der Waals surface area contributed by atoms with Gasteiger partial charge in [-0.1, -0.05) is 0 Å². The summed E-state index contributed by atoms with van der Waals surface area (Å²) in [4.78, 5) is 12.2. The molecule has 1 aromatic carbocycles. The van der Waals surface area contributed by atoms with Crippen molar-refractivity contribution in [3.8, 4) is 17.6 Å². The number of thiophene rings is 1. The quantitative estimate of drug-likeness (QED) is 0.689. The van der Waals surface area contributed by atoms with E-state index in [0.717, 1.165) is 4.88 Å². The van der Waals surface area contributed by atoms with Crippen LogP contribution in [0, 0.1) is 21.4 Å². The van der Waals surface area contributed by atoms with Crippen molar-refractivity contribution in [3.63, 3.8) is 0 Å². The van der Waals surface area contributed by atoms with Gasteiger partial charge in [0.05, 0.1) is 11.0 Å². The summed E-state index contributed by atoms with van der Waals surface area (Å²) in [6.07, 6.45) is 0. The Hall–Kier alpha value is -2.79. The molecule has 0 fully saturated rings. The molecule has 0 amide bonds. The lowest BCUT2D eigenvalue weighted by Crippen LogP contribution is -2.01. The van der Waals surface area contributed by atoms with Gasteiger partial charge in [0, 0.05) is 17.5 Å². The third-order valence-electron chi connectivity index (χ3n) is 2.91. The number of rotatable bonds is 4. The Kier molecular flexibility index (Phi) is 3.33. The second kappa shape index (κ2) is 5.30. The number of nitro benzene ring substituents is 1. The lowest BCUT2D eigenvalue weighted by atomic mass is 10.2. The predicted octanol–water partition coefficient (Wildman–Crippen LogP) is 2.87. The van der Waals surface area contributed by atoms with E-state index in [9.17, 15) is 10.1 Å². The summed E-state index contributed by atoms with van der Waals surface area (Å²) in [5.41, 5.74) is 0.285. The van der Waals surface area contributed by atoms with Gasteiger partial charge in [0.15, 0.2) is 11.5 Å². The molecule has 0 spiro atoms. The minimum atomic E-state index is -0.473. The van der Waals surface area contributed by atoms with E-state index in [2.05, 4.69) is 11.4 Å². The van der Waals surface area contributed by atoms with Crippen molar-refractivity contribution in [2.45, 2.75) is 6.54 Å². The molecule has 0 unspecified atom stereocenters. The van der Waals surface area contributed by atoms with E-state index in [1.54, 1.807) is 12.1 Å². The van der Waals surface area contributed by atoms with Crippen molar-refractivity contribution >= 4 is 22.7 Å². The lowest BCUT2D eigenvalue weighted by molar-refractivity contribution is -0.384. The fraction of sp³-hybridized carbons (Fsp3) is 0.154. The van der Waals surface area contributed by atoms with Crippen LogP contribution in [0.2, 0.25) is 0 Å². The third kappa shape index (κ3) is 2.59. The molecule has 0 aliphatic carbocycles.